The van der Waals surface area contributed by atoms with Gasteiger partial charge in [0.1, 0.15) is 12.3 Å². The van der Waals surface area contributed by atoms with Gasteiger partial charge in [-0.3, -0.25) is 9.59 Å². The van der Waals surface area contributed by atoms with Crippen LogP contribution in [0.15, 0.2) is 12.1 Å². The minimum absolute atomic E-state index is 0.191. The third-order valence-corrected chi connectivity index (χ3v) is 2.79. The van der Waals surface area contributed by atoms with Gasteiger partial charge in [0.05, 0.1) is 15.1 Å². The van der Waals surface area contributed by atoms with Gasteiger partial charge in [-0.15, -0.1) is 0 Å². The van der Waals surface area contributed by atoms with E-state index < -0.39 is 18.4 Å². The molecule has 18 heavy (non-hydrogen) atoms. The average Bonchev–Trinajstić information content (AvgIpc) is 2.29. The predicted molar refractivity (Wildman–Crippen MR) is 67.6 cm³/mol. The molecule has 0 aromatic heterocycles. The Hall–Kier alpha value is -1.17. The van der Waals surface area contributed by atoms with Gasteiger partial charge in [-0.2, -0.15) is 0 Å². The van der Waals surface area contributed by atoms with Crippen LogP contribution in [-0.4, -0.2) is 30.1 Å². The number of hydrogen-bond acceptors (Lipinski definition) is 3. The lowest BCUT2D eigenvalue weighted by atomic mass is 10.3. The molecule has 0 aliphatic carbocycles. The number of carboxylic acids is 1. The second-order valence-corrected chi connectivity index (χ2v) is 4.38. The number of carboxylic acid groups (broad SMARTS) is 1. The van der Waals surface area contributed by atoms with E-state index in [4.69, 9.17) is 44.6 Å². The summed E-state index contributed by atoms with van der Waals surface area (Å²) in [4.78, 5) is 21.4. The van der Waals surface area contributed by atoms with Crippen LogP contribution in [0.25, 0.3) is 0 Å². The molecule has 98 valence electrons. The summed E-state index contributed by atoms with van der Waals surface area (Å²) in [5, 5.41) is 11.2. The van der Waals surface area contributed by atoms with Crippen LogP contribution in [0.2, 0.25) is 15.1 Å². The van der Waals surface area contributed by atoms with Crippen LogP contribution < -0.4 is 10.1 Å². The zero-order valence-electron chi connectivity index (χ0n) is 8.87. The molecule has 0 saturated heterocycles. The molecule has 1 aromatic carbocycles. The number of nitrogens with one attached hydrogen (secondary N) is 1. The number of hydrogen-bond donors (Lipinski definition) is 2. The first-order valence-corrected chi connectivity index (χ1v) is 5.79. The van der Waals surface area contributed by atoms with Gasteiger partial charge >= 0.3 is 5.97 Å². The second kappa shape index (κ2) is 6.68. The van der Waals surface area contributed by atoms with Crippen molar-refractivity contribution in [3.8, 4) is 5.75 Å². The summed E-state index contributed by atoms with van der Waals surface area (Å²) < 4.78 is 5.09. The highest BCUT2D eigenvalue weighted by molar-refractivity contribution is 6.43. The molecule has 0 bridgehead atoms. The van der Waals surface area contributed by atoms with Crippen LogP contribution in [0.4, 0.5) is 0 Å². The largest absolute Gasteiger partial charge is 0.482 e. The highest BCUT2D eigenvalue weighted by atomic mass is 35.5. The van der Waals surface area contributed by atoms with Crippen molar-refractivity contribution in [2.24, 2.45) is 0 Å². The maximum absolute atomic E-state index is 11.2. The van der Waals surface area contributed by atoms with Gasteiger partial charge in [-0.1, -0.05) is 34.8 Å². The van der Waals surface area contributed by atoms with Gasteiger partial charge in [0.15, 0.2) is 6.61 Å². The molecular formula is C10H8Cl3NO4. The van der Waals surface area contributed by atoms with Crippen molar-refractivity contribution < 1.29 is 19.4 Å². The molecule has 1 rings (SSSR count). The summed E-state index contributed by atoms with van der Waals surface area (Å²) in [7, 11) is 0. The molecule has 8 heteroatoms. The van der Waals surface area contributed by atoms with Crippen LogP contribution in [0, 0.1) is 0 Å². The molecule has 0 heterocycles. The fraction of sp³-hybridized carbons (Fsp3) is 0.200. The van der Waals surface area contributed by atoms with Gasteiger partial charge in [0.2, 0.25) is 0 Å². The fourth-order valence-electron chi connectivity index (χ4n) is 0.983. The monoisotopic (exact) mass is 311 g/mol. The second-order valence-electron chi connectivity index (χ2n) is 3.16. The van der Waals surface area contributed by atoms with Crippen molar-refractivity contribution in [3.05, 3.63) is 27.2 Å². The van der Waals surface area contributed by atoms with E-state index in [-0.39, 0.29) is 27.4 Å². The molecule has 1 amide bonds. The first kappa shape index (κ1) is 14.9. The van der Waals surface area contributed by atoms with Crippen LogP contribution in [0.3, 0.4) is 0 Å². The lowest BCUT2D eigenvalue weighted by Crippen LogP contribution is -2.33. The Morgan fingerprint density at radius 1 is 1.17 bits per heavy atom. The topological polar surface area (TPSA) is 75.6 Å². The highest BCUT2D eigenvalue weighted by Crippen LogP contribution is 2.33. The summed E-state index contributed by atoms with van der Waals surface area (Å²) >= 11 is 17.3. The molecule has 0 unspecified atom stereocenters. The van der Waals surface area contributed by atoms with Gasteiger partial charge < -0.3 is 15.2 Å². The average molecular weight is 313 g/mol. The highest BCUT2D eigenvalue weighted by Gasteiger charge is 2.10. The van der Waals surface area contributed by atoms with E-state index in [1.807, 2.05) is 0 Å². The standard InChI is InChI=1S/C10H8Cl3NO4/c11-5-1-7(13)8(2-6(5)12)18-4-9(15)14-3-10(16)17/h1-2H,3-4H2,(H,14,15)(H,16,17). The van der Waals surface area contributed by atoms with Gasteiger partial charge in [0, 0.05) is 6.07 Å². The van der Waals surface area contributed by atoms with Gasteiger partial charge in [0.25, 0.3) is 5.91 Å². The summed E-state index contributed by atoms with van der Waals surface area (Å²) in [5.74, 6) is -1.54. The van der Waals surface area contributed by atoms with E-state index in [0.717, 1.165) is 0 Å². The first-order valence-electron chi connectivity index (χ1n) is 4.66. The molecule has 0 atom stereocenters. The molecule has 0 aliphatic heterocycles. The van der Waals surface area contributed by atoms with Crippen molar-refractivity contribution in [2.75, 3.05) is 13.2 Å². The third kappa shape index (κ3) is 4.60. The third-order valence-electron chi connectivity index (χ3n) is 1.77. The number of carbonyl (C=O) groups is 2. The Morgan fingerprint density at radius 2 is 1.78 bits per heavy atom. The minimum Gasteiger partial charge on any atom is -0.482 e. The Morgan fingerprint density at radius 3 is 2.39 bits per heavy atom. The number of carbonyl (C=O) groups excluding carboxylic acids is 1. The lowest BCUT2D eigenvalue weighted by molar-refractivity contribution is -0.138. The van der Waals surface area contributed by atoms with Crippen LogP contribution >= 0.6 is 34.8 Å². The predicted octanol–water partition coefficient (Wildman–Crippen LogP) is 2.23. The van der Waals surface area contributed by atoms with Gasteiger partial charge in [-0.05, 0) is 6.07 Å². The maximum Gasteiger partial charge on any atom is 0.322 e. The number of ether oxygens (including phenoxy) is 1. The van der Waals surface area contributed by atoms with Crippen molar-refractivity contribution in [1.29, 1.82) is 0 Å². The smallest absolute Gasteiger partial charge is 0.322 e. The molecule has 2 N–H and O–H groups in total. The van der Waals surface area contributed by atoms with E-state index in [9.17, 15) is 9.59 Å². The van der Waals surface area contributed by atoms with Gasteiger partial charge in [-0.25, -0.2) is 0 Å². The number of rotatable bonds is 5. The zero-order chi connectivity index (χ0) is 13.7. The Bertz CT molecular complexity index is 478. The minimum atomic E-state index is -1.14. The van der Waals surface area contributed by atoms with Crippen LogP contribution in [-0.2, 0) is 9.59 Å². The van der Waals surface area contributed by atoms with E-state index in [1.54, 1.807) is 0 Å². The number of halogens is 3. The maximum atomic E-state index is 11.2. The van der Waals surface area contributed by atoms with Crippen molar-refractivity contribution in [1.82, 2.24) is 5.32 Å². The molecule has 0 saturated carbocycles. The molecule has 0 spiro atoms. The Labute approximate surface area is 118 Å². The Balaban J connectivity index is 2.56. The van der Waals surface area contributed by atoms with Crippen molar-refractivity contribution in [2.45, 2.75) is 0 Å². The quantitative estimate of drug-likeness (QED) is 0.818. The van der Waals surface area contributed by atoms with E-state index >= 15 is 0 Å². The molecule has 1 aromatic rings. The van der Waals surface area contributed by atoms with E-state index in [0.29, 0.717) is 0 Å². The van der Waals surface area contributed by atoms with Crippen molar-refractivity contribution in [3.63, 3.8) is 0 Å². The summed E-state index contributed by atoms with van der Waals surface area (Å²) in [6.07, 6.45) is 0. The molecule has 5 nitrogen and oxygen atoms in total. The fourth-order valence-corrected chi connectivity index (χ4v) is 1.57. The van der Waals surface area contributed by atoms with Crippen LogP contribution in [0.1, 0.15) is 0 Å². The van der Waals surface area contributed by atoms with Crippen LogP contribution in [0.5, 0.6) is 5.75 Å². The molecule has 0 aliphatic rings. The molecular weight excluding hydrogens is 304 g/mol. The number of benzene rings is 1. The van der Waals surface area contributed by atoms with E-state index in [2.05, 4.69) is 5.32 Å². The zero-order valence-corrected chi connectivity index (χ0v) is 11.1. The molecule has 0 fully saturated rings. The van der Waals surface area contributed by atoms with E-state index in [1.165, 1.54) is 12.1 Å². The normalized spacial score (nSPS) is 9.94. The first-order chi connectivity index (χ1) is 8.40. The lowest BCUT2D eigenvalue weighted by Gasteiger charge is -2.09. The summed E-state index contributed by atoms with van der Waals surface area (Å²) in [5.41, 5.74) is 0. The summed E-state index contributed by atoms with van der Waals surface area (Å²) in [6.45, 7) is -0.845. The number of aliphatic carboxylic acids is 1. The summed E-state index contributed by atoms with van der Waals surface area (Å²) in [6, 6.07) is 2.76. The molecule has 0 radical (unpaired) electrons. The van der Waals surface area contributed by atoms with Crippen molar-refractivity contribution >= 4 is 46.7 Å². The Kier molecular flexibility index (Phi) is 5.53. The SMILES string of the molecule is O=C(O)CNC(=O)COc1cc(Cl)c(Cl)cc1Cl. The number of amides is 1.